The lowest BCUT2D eigenvalue weighted by Gasteiger charge is -2.39. The molecule has 2 aliphatic rings. The zero-order chi connectivity index (χ0) is 36.4. The van der Waals surface area contributed by atoms with Gasteiger partial charge >= 0.3 is 0 Å². The molecule has 1 saturated heterocycles. The number of nitrogens with zero attached hydrogens (tertiary/aromatic N) is 3. The summed E-state index contributed by atoms with van der Waals surface area (Å²) in [5.74, 6) is -1.32. The Morgan fingerprint density at radius 2 is 1.78 bits per heavy atom. The number of rotatable bonds is 17. The molecule has 4 amide bonds. The van der Waals surface area contributed by atoms with Gasteiger partial charge in [-0.05, 0) is 57.4 Å². The molecule has 12 nitrogen and oxygen atoms in total. The van der Waals surface area contributed by atoms with Gasteiger partial charge in [0.15, 0.2) is 0 Å². The smallest absolute Gasteiger partial charge is 0.242 e. The van der Waals surface area contributed by atoms with Crippen LogP contribution in [-0.4, -0.2) is 103 Å². The van der Waals surface area contributed by atoms with Gasteiger partial charge < -0.3 is 35.6 Å². The Morgan fingerprint density at radius 1 is 1.08 bits per heavy atom. The Hall–Kier alpha value is -3.39. The van der Waals surface area contributed by atoms with Gasteiger partial charge in [0, 0.05) is 39.4 Å². The molecule has 1 aromatic carbocycles. The summed E-state index contributed by atoms with van der Waals surface area (Å²) >= 11 is 1.51. The quantitative estimate of drug-likeness (QED) is 0.225. The number of hydrogen-bond acceptors (Lipinski definition) is 9. The first-order chi connectivity index (χ1) is 23.8. The molecule has 0 bridgehead atoms. The van der Waals surface area contributed by atoms with Crippen LogP contribution in [0.15, 0.2) is 41.9 Å². The number of ether oxygens (including phenoxy) is 2. The van der Waals surface area contributed by atoms with Crippen LogP contribution in [0.1, 0.15) is 82.3 Å². The molecule has 2 aromatic rings. The average molecular weight is 713 g/mol. The first-order valence-corrected chi connectivity index (χ1v) is 18.6. The number of benzene rings is 1. The van der Waals surface area contributed by atoms with Crippen LogP contribution in [0, 0.1) is 11.8 Å². The molecule has 4 N–H and O–H groups in total. The van der Waals surface area contributed by atoms with E-state index < -0.39 is 29.6 Å². The summed E-state index contributed by atoms with van der Waals surface area (Å²) in [6, 6.07) is 9.06. The molecule has 1 aliphatic carbocycles. The third-order valence-corrected chi connectivity index (χ3v) is 11.2. The Kier molecular flexibility index (Phi) is 14.3. The van der Waals surface area contributed by atoms with Crippen molar-refractivity contribution in [3.05, 3.63) is 52.5 Å². The van der Waals surface area contributed by atoms with Crippen molar-refractivity contribution in [1.29, 1.82) is 0 Å². The van der Waals surface area contributed by atoms with Crippen LogP contribution in [0.2, 0.25) is 0 Å². The number of nitrogens with one attached hydrogen (secondary N) is 2. The highest BCUT2D eigenvalue weighted by Gasteiger charge is 2.43. The predicted molar refractivity (Wildman–Crippen MR) is 193 cm³/mol. The summed E-state index contributed by atoms with van der Waals surface area (Å²) in [7, 11) is 4.90. The van der Waals surface area contributed by atoms with Crippen LogP contribution in [0.4, 0.5) is 0 Å². The van der Waals surface area contributed by atoms with Crippen LogP contribution >= 0.6 is 11.3 Å². The fraction of sp³-hybridized carbons (Fsp3) is 0.649. The van der Waals surface area contributed by atoms with Gasteiger partial charge in [0.05, 0.1) is 54.8 Å². The van der Waals surface area contributed by atoms with E-state index in [9.17, 15) is 19.2 Å². The molecule has 6 unspecified atom stereocenters. The lowest BCUT2D eigenvalue weighted by molar-refractivity contribution is -0.146. The maximum Gasteiger partial charge on any atom is 0.242 e. The fourth-order valence-electron chi connectivity index (χ4n) is 7.52. The second-order valence-electron chi connectivity index (χ2n) is 14.3. The summed E-state index contributed by atoms with van der Waals surface area (Å²) in [4.78, 5) is 61.6. The molecule has 6 atom stereocenters. The number of likely N-dealkylation sites (N-methyl/N-ethyl adjacent to an activating group) is 1. The van der Waals surface area contributed by atoms with Gasteiger partial charge in [-0.1, -0.05) is 50.1 Å². The van der Waals surface area contributed by atoms with Gasteiger partial charge in [-0.2, -0.15) is 0 Å². The van der Waals surface area contributed by atoms with Crippen molar-refractivity contribution in [2.45, 2.75) is 108 Å². The van der Waals surface area contributed by atoms with E-state index in [0.29, 0.717) is 19.4 Å². The Bertz CT molecular complexity index is 1400. The van der Waals surface area contributed by atoms with Crippen LogP contribution in [-0.2, 0) is 35.1 Å². The fourth-order valence-corrected chi connectivity index (χ4v) is 8.21. The van der Waals surface area contributed by atoms with Gasteiger partial charge in [-0.3, -0.25) is 19.2 Å². The first kappa shape index (κ1) is 39.4. The molecule has 13 heteroatoms. The number of thiazole rings is 1. The van der Waals surface area contributed by atoms with E-state index in [1.54, 1.807) is 46.2 Å². The molecular formula is C37H56N6O6S. The number of carbonyl (C=O) groups is 4. The number of methoxy groups -OCH3 is 2. The zero-order valence-electron chi connectivity index (χ0n) is 30.4. The van der Waals surface area contributed by atoms with Crippen molar-refractivity contribution in [2.24, 2.45) is 17.6 Å². The SMILES string of the molecule is COC(CC(=O)N1CCCC1C(OC)C(C)C(=O)NC(Cc1ccccc1)c1nccs1)C(C1CCCC1)N(C)C(=O)CNC(=O)C(C)(C)N. The van der Waals surface area contributed by atoms with E-state index in [4.69, 9.17) is 15.2 Å². The highest BCUT2D eigenvalue weighted by molar-refractivity contribution is 7.09. The van der Waals surface area contributed by atoms with Crippen LogP contribution in [0.25, 0.3) is 0 Å². The zero-order valence-corrected chi connectivity index (χ0v) is 31.2. The standard InChI is InChI=1S/C37H56N6O6S/c1-24(34(46)41-27(35-39-18-20-50-35)21-25-13-8-7-9-14-25)33(49-6)28-17-12-19-43(28)30(44)22-29(48-5)32(26-15-10-11-16-26)42(4)31(45)23-40-36(47)37(2,3)38/h7-9,13-14,18,20,24,26-29,32-33H,10-12,15-17,19,21-23,38H2,1-6H3,(H,40,47)(H,41,46). The Morgan fingerprint density at radius 3 is 2.38 bits per heavy atom. The number of carbonyl (C=O) groups excluding carboxylic acids is 4. The summed E-state index contributed by atoms with van der Waals surface area (Å²) in [5.41, 5.74) is 5.88. The van der Waals surface area contributed by atoms with Gasteiger partial charge in [0.2, 0.25) is 23.6 Å². The van der Waals surface area contributed by atoms with Gasteiger partial charge in [-0.25, -0.2) is 4.98 Å². The van der Waals surface area contributed by atoms with Crippen molar-refractivity contribution in [3.8, 4) is 0 Å². The van der Waals surface area contributed by atoms with Gasteiger partial charge in [0.1, 0.15) is 5.01 Å². The van der Waals surface area contributed by atoms with Gasteiger partial charge in [0.25, 0.3) is 0 Å². The number of likely N-dealkylation sites (tertiary alicyclic amines) is 1. The summed E-state index contributed by atoms with van der Waals surface area (Å²) in [6.45, 7) is 5.38. The van der Waals surface area contributed by atoms with E-state index in [1.165, 1.54) is 11.3 Å². The molecule has 1 saturated carbocycles. The minimum Gasteiger partial charge on any atom is -0.379 e. The van der Waals surface area contributed by atoms with Crippen molar-refractivity contribution in [2.75, 3.05) is 34.4 Å². The van der Waals surface area contributed by atoms with Crippen molar-refractivity contribution in [1.82, 2.24) is 25.4 Å². The lowest BCUT2D eigenvalue weighted by atomic mass is 9.89. The molecular weight excluding hydrogens is 657 g/mol. The number of aromatic nitrogens is 1. The molecule has 1 aromatic heterocycles. The first-order valence-electron chi connectivity index (χ1n) is 17.8. The van der Waals surface area contributed by atoms with E-state index in [0.717, 1.165) is 42.7 Å². The molecule has 1 aliphatic heterocycles. The molecule has 276 valence electrons. The van der Waals surface area contributed by atoms with Crippen LogP contribution in [0.3, 0.4) is 0 Å². The number of amides is 4. The molecule has 2 fully saturated rings. The van der Waals surface area contributed by atoms with E-state index in [1.807, 2.05) is 47.5 Å². The lowest BCUT2D eigenvalue weighted by Crippen LogP contribution is -2.56. The Balaban J connectivity index is 1.45. The topological polar surface area (TPSA) is 156 Å². The van der Waals surface area contributed by atoms with Crippen LogP contribution < -0.4 is 16.4 Å². The third kappa shape index (κ3) is 10.1. The van der Waals surface area contributed by atoms with Crippen molar-refractivity contribution < 1.29 is 28.7 Å². The Labute approximate surface area is 300 Å². The van der Waals surface area contributed by atoms with Gasteiger partial charge in [-0.15, -0.1) is 11.3 Å². The van der Waals surface area contributed by atoms with E-state index in [-0.39, 0.29) is 54.7 Å². The van der Waals surface area contributed by atoms with E-state index in [2.05, 4.69) is 15.6 Å². The monoisotopic (exact) mass is 712 g/mol. The summed E-state index contributed by atoms with van der Waals surface area (Å²) in [5, 5.41) is 8.60. The molecule has 4 rings (SSSR count). The minimum atomic E-state index is -1.11. The average Bonchev–Trinajstić information content (AvgIpc) is 3.91. The van der Waals surface area contributed by atoms with Crippen molar-refractivity contribution in [3.63, 3.8) is 0 Å². The predicted octanol–water partition coefficient (Wildman–Crippen LogP) is 3.46. The largest absolute Gasteiger partial charge is 0.379 e. The van der Waals surface area contributed by atoms with Crippen LogP contribution in [0.5, 0.6) is 0 Å². The maximum atomic E-state index is 14.1. The minimum absolute atomic E-state index is 0.0776. The van der Waals surface area contributed by atoms with E-state index >= 15 is 0 Å². The maximum absolute atomic E-state index is 14.1. The summed E-state index contributed by atoms with van der Waals surface area (Å²) in [6.07, 6.45) is 6.79. The number of hydrogen-bond donors (Lipinski definition) is 3. The molecule has 2 heterocycles. The molecule has 0 radical (unpaired) electrons. The highest BCUT2D eigenvalue weighted by Crippen LogP contribution is 2.35. The second kappa shape index (κ2) is 18.2. The normalized spacial score (nSPS) is 19.7. The molecule has 50 heavy (non-hydrogen) atoms. The summed E-state index contributed by atoms with van der Waals surface area (Å²) < 4.78 is 12.0. The third-order valence-electron chi connectivity index (χ3n) is 10.3. The highest BCUT2D eigenvalue weighted by atomic mass is 32.1. The second-order valence-corrected chi connectivity index (χ2v) is 15.3. The van der Waals surface area contributed by atoms with Crippen molar-refractivity contribution >= 4 is 35.0 Å². The number of nitrogens with two attached hydrogens (primary N) is 1. The molecule has 0 spiro atoms.